The number of fused-ring (bicyclic) bond motifs is 2. The summed E-state index contributed by atoms with van der Waals surface area (Å²) in [5.74, 6) is -4.97. The third-order valence-electron chi connectivity index (χ3n) is 11.3. The molecule has 15 nitrogen and oxygen atoms in total. The molecule has 6 aliphatic rings. The van der Waals surface area contributed by atoms with Crippen molar-refractivity contribution in [2.75, 3.05) is 41.3 Å². The van der Waals surface area contributed by atoms with Crippen LogP contribution in [0, 0.1) is 23.7 Å². The fourth-order valence-corrected chi connectivity index (χ4v) is 11.8. The van der Waals surface area contributed by atoms with Crippen molar-refractivity contribution in [1.82, 2.24) is 29.8 Å². The van der Waals surface area contributed by atoms with Gasteiger partial charge in [0.05, 0.1) is 42.2 Å². The number of thioether (sulfide) groups is 2. The normalized spacial score (nSPS) is 35.5. The van der Waals surface area contributed by atoms with Crippen LogP contribution in [0.3, 0.4) is 0 Å². The second-order valence-electron chi connectivity index (χ2n) is 15.1. The third kappa shape index (κ3) is 5.96. The number of nitrogens with zero attached hydrogens (tertiary/aromatic N) is 5. The van der Waals surface area contributed by atoms with E-state index in [1.165, 1.54) is 54.9 Å². The molecule has 0 saturated carbocycles. The summed E-state index contributed by atoms with van der Waals surface area (Å²) >= 11 is 2.71. The predicted octanol–water partition coefficient (Wildman–Crippen LogP) is -0.448. The minimum atomic E-state index is -1.26. The first-order valence-corrected chi connectivity index (χ1v) is 19.2. The zero-order valence-corrected chi connectivity index (χ0v) is 31.7. The average Bonchev–Trinajstić information content (AvgIpc) is 3.79. The Bertz CT molecular complexity index is 1610. The van der Waals surface area contributed by atoms with Crippen LogP contribution in [0.4, 0.5) is 0 Å². The zero-order valence-electron chi connectivity index (χ0n) is 30.1. The quantitative estimate of drug-likeness (QED) is 0.211. The van der Waals surface area contributed by atoms with Gasteiger partial charge in [0.15, 0.2) is 0 Å². The molecule has 6 rings (SSSR count). The molecule has 0 aromatic rings. The van der Waals surface area contributed by atoms with Gasteiger partial charge in [-0.25, -0.2) is 4.79 Å². The van der Waals surface area contributed by atoms with Gasteiger partial charge in [0.25, 0.3) is 5.91 Å². The molecule has 4 N–H and O–H groups in total. The topological polar surface area (TPSA) is 191 Å². The van der Waals surface area contributed by atoms with Gasteiger partial charge in [-0.15, -0.1) is 23.5 Å². The highest BCUT2D eigenvalue weighted by Gasteiger charge is 2.63. The van der Waals surface area contributed by atoms with Gasteiger partial charge < -0.3 is 45.1 Å². The van der Waals surface area contributed by atoms with Crippen LogP contribution in [0.1, 0.15) is 40.5 Å². The van der Waals surface area contributed by atoms with Crippen molar-refractivity contribution >= 4 is 59.0 Å². The lowest BCUT2D eigenvalue weighted by molar-refractivity contribution is -0.163. The molecule has 0 aromatic carbocycles. The van der Waals surface area contributed by atoms with E-state index in [1.54, 1.807) is 35.1 Å². The molecule has 0 bridgehead atoms. The number of aliphatic carboxylic acids is 1. The number of carbonyl (C=O) groups is 6. The summed E-state index contributed by atoms with van der Waals surface area (Å²) in [6, 6.07) is -2.21. The van der Waals surface area contributed by atoms with E-state index >= 15 is 0 Å². The van der Waals surface area contributed by atoms with Gasteiger partial charge in [0.2, 0.25) is 23.6 Å². The van der Waals surface area contributed by atoms with E-state index in [4.69, 9.17) is 0 Å². The molecule has 0 aromatic heterocycles. The maximum Gasteiger partial charge on any atom is 0.353 e. The molecule has 12 atom stereocenters. The number of carboxylic acid groups (broad SMARTS) is 1. The summed E-state index contributed by atoms with van der Waals surface area (Å²) < 4.78 is 0. The van der Waals surface area contributed by atoms with Gasteiger partial charge >= 0.3 is 5.97 Å². The SMILES string of the molecule is CC(O)[C@H]1C(=O)N2C(C(=O)O)=C(S[C@H]3C[C@@H](C(=O)N(C)C)N(C(=O)C4=C(S[C@@H]5CN[C@H](C(=O)N(C)C)C5)[C@H](C)[C@@H]5[C@@H]([C@@H](C)O)C(=O)N45)C3)[C@H](C)[C@H]12. The second kappa shape index (κ2) is 13.7. The van der Waals surface area contributed by atoms with Crippen LogP contribution in [-0.2, 0) is 28.8 Å². The fourth-order valence-electron chi connectivity index (χ4n) is 8.78. The Kier molecular flexibility index (Phi) is 10.1. The summed E-state index contributed by atoms with van der Waals surface area (Å²) in [4.78, 5) is 88.5. The molecule has 51 heavy (non-hydrogen) atoms. The summed E-state index contributed by atoms with van der Waals surface area (Å²) in [6.07, 6.45) is -1.13. The van der Waals surface area contributed by atoms with Crippen LogP contribution in [0.25, 0.3) is 0 Å². The van der Waals surface area contributed by atoms with Crippen LogP contribution in [0.5, 0.6) is 0 Å². The molecule has 17 heteroatoms. The molecule has 4 saturated heterocycles. The Labute approximate surface area is 305 Å². The molecule has 0 radical (unpaired) electrons. The molecule has 6 aliphatic heterocycles. The Hall–Kier alpha value is -3.12. The number of hydrogen-bond acceptors (Lipinski definition) is 11. The number of aliphatic hydroxyl groups is 2. The van der Waals surface area contributed by atoms with Crippen molar-refractivity contribution in [3.8, 4) is 0 Å². The van der Waals surface area contributed by atoms with E-state index < -0.39 is 65.2 Å². The number of hydrogen-bond donors (Lipinski definition) is 4. The number of carboxylic acids is 1. The van der Waals surface area contributed by atoms with Gasteiger partial charge in [0, 0.05) is 73.4 Å². The average molecular weight is 749 g/mol. The highest BCUT2D eigenvalue weighted by Crippen LogP contribution is 2.54. The molecule has 1 unspecified atom stereocenters. The van der Waals surface area contributed by atoms with Crippen molar-refractivity contribution < 1.29 is 44.1 Å². The van der Waals surface area contributed by atoms with E-state index in [2.05, 4.69) is 5.32 Å². The Morgan fingerprint density at radius 2 is 1.27 bits per heavy atom. The lowest BCUT2D eigenvalue weighted by atomic mass is 9.79. The predicted molar refractivity (Wildman–Crippen MR) is 188 cm³/mol. The summed E-state index contributed by atoms with van der Waals surface area (Å²) in [5.41, 5.74) is 0.0679. The van der Waals surface area contributed by atoms with Crippen LogP contribution < -0.4 is 5.32 Å². The highest BCUT2D eigenvalue weighted by atomic mass is 32.2. The molecular weight excluding hydrogens is 701 g/mol. The van der Waals surface area contributed by atoms with Gasteiger partial charge in [-0.2, -0.15) is 0 Å². The molecule has 280 valence electrons. The molecule has 6 heterocycles. The molecular formula is C34H48N6O9S2. The lowest BCUT2D eigenvalue weighted by Crippen LogP contribution is -2.64. The second-order valence-corrected chi connectivity index (χ2v) is 17.8. The number of aliphatic hydroxyl groups excluding tert-OH is 2. The van der Waals surface area contributed by atoms with Crippen LogP contribution in [0.2, 0.25) is 0 Å². The van der Waals surface area contributed by atoms with Crippen LogP contribution in [-0.4, -0.2) is 163 Å². The van der Waals surface area contributed by atoms with Crippen molar-refractivity contribution in [2.45, 2.75) is 87.4 Å². The summed E-state index contributed by atoms with van der Waals surface area (Å²) in [5, 5.41) is 33.8. The highest BCUT2D eigenvalue weighted by molar-refractivity contribution is 8.04. The molecule has 5 amide bonds. The van der Waals surface area contributed by atoms with Gasteiger partial charge in [0.1, 0.15) is 17.4 Å². The van der Waals surface area contributed by atoms with Crippen molar-refractivity contribution in [2.24, 2.45) is 23.7 Å². The van der Waals surface area contributed by atoms with Gasteiger partial charge in [-0.05, 0) is 26.7 Å². The maximum absolute atomic E-state index is 14.8. The van der Waals surface area contributed by atoms with Gasteiger partial charge in [-0.1, -0.05) is 13.8 Å². The lowest BCUT2D eigenvalue weighted by Gasteiger charge is -2.47. The number of likely N-dealkylation sites (tertiary alicyclic amines) is 1. The summed E-state index contributed by atoms with van der Waals surface area (Å²) in [7, 11) is 6.59. The van der Waals surface area contributed by atoms with E-state index in [0.717, 1.165) is 0 Å². The third-order valence-corrected chi connectivity index (χ3v) is 14.3. The fraction of sp³-hybridized carbons (Fsp3) is 0.706. The Morgan fingerprint density at radius 3 is 1.76 bits per heavy atom. The first-order chi connectivity index (χ1) is 23.9. The summed E-state index contributed by atoms with van der Waals surface area (Å²) in [6.45, 7) is 7.45. The Morgan fingerprint density at radius 1 is 0.784 bits per heavy atom. The van der Waals surface area contributed by atoms with E-state index in [9.17, 15) is 44.1 Å². The van der Waals surface area contributed by atoms with E-state index in [1.807, 2.05) is 13.8 Å². The maximum atomic E-state index is 14.8. The van der Waals surface area contributed by atoms with Crippen LogP contribution >= 0.6 is 23.5 Å². The zero-order chi connectivity index (χ0) is 37.5. The number of amides is 5. The first kappa shape index (κ1) is 37.6. The number of β-lactam (4-membered cyclic amide) rings is 2. The monoisotopic (exact) mass is 748 g/mol. The molecule has 0 aliphatic carbocycles. The van der Waals surface area contributed by atoms with E-state index in [-0.39, 0.29) is 65.2 Å². The van der Waals surface area contributed by atoms with Crippen molar-refractivity contribution in [3.63, 3.8) is 0 Å². The molecule has 4 fully saturated rings. The number of likely N-dealkylation sites (N-methyl/N-ethyl adjacent to an activating group) is 2. The van der Waals surface area contributed by atoms with Gasteiger partial charge in [-0.3, -0.25) is 24.0 Å². The minimum absolute atomic E-state index is 0.0463. The molecule has 0 spiro atoms. The van der Waals surface area contributed by atoms with Crippen molar-refractivity contribution in [1.29, 1.82) is 0 Å². The smallest absolute Gasteiger partial charge is 0.353 e. The minimum Gasteiger partial charge on any atom is -0.477 e. The number of nitrogens with one attached hydrogen (secondary N) is 1. The Balaban J connectivity index is 1.31. The number of carbonyl (C=O) groups excluding carboxylic acids is 5. The van der Waals surface area contributed by atoms with E-state index in [0.29, 0.717) is 22.8 Å². The standard InChI is InChI=1S/C34H48N6O9S2/c1-13-23-21(15(3)41)31(45)39(23)25(27(13)50-17-9-19(35-11-17)29(43)36(5)6)33(47)38-12-18(10-20(38)30(44)37(7)8)51-28-14(2)24-22(16(4)42)32(46)40(24)26(28)34(48)49/h13-24,35,41-42H,9-12H2,1-8H3,(H,48,49)/t13-,14-,15-,16?,17+,18+,19+,20+,21-,22-,23-,24-/m1/s1. The number of rotatable bonds is 10. The first-order valence-electron chi connectivity index (χ1n) is 17.4. The van der Waals surface area contributed by atoms with Crippen molar-refractivity contribution in [3.05, 3.63) is 21.2 Å². The van der Waals surface area contributed by atoms with Crippen LogP contribution in [0.15, 0.2) is 21.2 Å². The largest absolute Gasteiger partial charge is 0.477 e.